The Labute approximate surface area is 101 Å². The van der Waals surface area contributed by atoms with E-state index in [1.54, 1.807) is 4.90 Å². The van der Waals surface area contributed by atoms with Gasteiger partial charge >= 0.3 is 6.09 Å². The number of carbonyl (C=O) groups excluding carboxylic acids is 1. The zero-order valence-electron chi connectivity index (χ0n) is 10.1. The van der Waals surface area contributed by atoms with Crippen molar-refractivity contribution in [3.05, 3.63) is 29.3 Å². The van der Waals surface area contributed by atoms with Gasteiger partial charge in [-0.3, -0.25) is 4.90 Å². The molecular weight excluding hydrogens is 218 g/mol. The van der Waals surface area contributed by atoms with Gasteiger partial charge in [0.15, 0.2) is 0 Å². The highest BCUT2D eigenvalue weighted by Gasteiger charge is 2.27. The van der Waals surface area contributed by atoms with Crippen molar-refractivity contribution in [1.29, 1.82) is 0 Å². The molecule has 1 amide bonds. The van der Waals surface area contributed by atoms with E-state index in [0.717, 1.165) is 16.8 Å². The van der Waals surface area contributed by atoms with E-state index >= 15 is 0 Å². The Bertz CT molecular complexity index is 410. The predicted molar refractivity (Wildman–Crippen MR) is 65.2 cm³/mol. The topological polar surface area (TPSA) is 49.8 Å². The van der Waals surface area contributed by atoms with E-state index in [0.29, 0.717) is 13.2 Å². The maximum absolute atomic E-state index is 11.7. The van der Waals surface area contributed by atoms with Crippen LogP contribution in [0.25, 0.3) is 0 Å². The molecule has 0 radical (unpaired) electrons. The van der Waals surface area contributed by atoms with E-state index in [-0.39, 0.29) is 18.6 Å². The Balaban J connectivity index is 2.27. The molecule has 2 rings (SSSR count). The van der Waals surface area contributed by atoms with Gasteiger partial charge in [-0.25, -0.2) is 4.79 Å². The number of aryl methyl sites for hydroxylation is 2. The maximum Gasteiger partial charge on any atom is 0.414 e. The van der Waals surface area contributed by atoms with Crippen molar-refractivity contribution in [3.8, 4) is 0 Å². The summed E-state index contributed by atoms with van der Waals surface area (Å²) in [4.78, 5) is 13.3. The van der Waals surface area contributed by atoms with Crippen LogP contribution < -0.4 is 4.90 Å². The first-order chi connectivity index (χ1) is 8.10. The summed E-state index contributed by atoms with van der Waals surface area (Å²) in [6.45, 7) is 4.84. The summed E-state index contributed by atoms with van der Waals surface area (Å²) in [5, 5.41) is 9.13. The third kappa shape index (κ3) is 2.58. The first kappa shape index (κ1) is 11.9. The molecule has 4 nitrogen and oxygen atoms in total. The van der Waals surface area contributed by atoms with E-state index in [1.165, 1.54) is 0 Å². The zero-order valence-corrected chi connectivity index (χ0v) is 10.1. The molecule has 1 aromatic carbocycles. The SMILES string of the molecule is Cc1cc(C)cc(N2CC(CO)COC2=O)c1. The van der Waals surface area contributed by atoms with Gasteiger partial charge in [0.05, 0.1) is 13.2 Å². The molecule has 17 heavy (non-hydrogen) atoms. The van der Waals surface area contributed by atoms with Crippen LogP contribution in [0.3, 0.4) is 0 Å². The Hall–Kier alpha value is -1.55. The first-order valence-corrected chi connectivity index (χ1v) is 5.73. The molecule has 1 aromatic rings. The Morgan fingerprint density at radius 3 is 2.59 bits per heavy atom. The number of rotatable bonds is 2. The highest BCUT2D eigenvalue weighted by atomic mass is 16.6. The highest BCUT2D eigenvalue weighted by molar-refractivity contribution is 5.88. The fraction of sp³-hybridized carbons (Fsp3) is 0.462. The summed E-state index contributed by atoms with van der Waals surface area (Å²) in [5.74, 6) is -0.00600. The lowest BCUT2D eigenvalue weighted by atomic mass is 10.1. The number of ether oxygens (including phenoxy) is 1. The molecule has 0 spiro atoms. The fourth-order valence-electron chi connectivity index (χ4n) is 2.08. The minimum Gasteiger partial charge on any atom is -0.449 e. The van der Waals surface area contributed by atoms with Crippen LogP contribution >= 0.6 is 0 Å². The van der Waals surface area contributed by atoms with Gasteiger partial charge in [-0.15, -0.1) is 0 Å². The van der Waals surface area contributed by atoms with E-state index in [4.69, 9.17) is 9.84 Å². The van der Waals surface area contributed by atoms with Crippen molar-refractivity contribution >= 4 is 11.8 Å². The minimum atomic E-state index is -0.334. The van der Waals surface area contributed by atoms with Gasteiger partial charge < -0.3 is 9.84 Å². The van der Waals surface area contributed by atoms with Gasteiger partial charge in [0.2, 0.25) is 0 Å². The second-order valence-electron chi connectivity index (χ2n) is 4.58. The first-order valence-electron chi connectivity index (χ1n) is 5.73. The molecule has 1 heterocycles. The van der Waals surface area contributed by atoms with Crippen molar-refractivity contribution < 1.29 is 14.6 Å². The molecule has 1 aliphatic heterocycles. The predicted octanol–water partition coefficient (Wildman–Crippen LogP) is 1.87. The number of anilines is 1. The normalized spacial score (nSPS) is 20.3. The van der Waals surface area contributed by atoms with Gasteiger partial charge in [-0.1, -0.05) is 6.07 Å². The summed E-state index contributed by atoms with van der Waals surface area (Å²) in [5.41, 5.74) is 3.06. The van der Waals surface area contributed by atoms with Crippen LogP contribution in [0.2, 0.25) is 0 Å². The third-order valence-corrected chi connectivity index (χ3v) is 2.88. The molecule has 1 fully saturated rings. The van der Waals surface area contributed by atoms with E-state index < -0.39 is 0 Å². The number of nitrogens with zero attached hydrogens (tertiary/aromatic N) is 1. The number of aliphatic hydroxyl groups is 1. The highest BCUT2D eigenvalue weighted by Crippen LogP contribution is 2.23. The van der Waals surface area contributed by atoms with E-state index in [1.807, 2.05) is 26.0 Å². The number of carbonyl (C=O) groups is 1. The molecule has 92 valence electrons. The number of hydrogen-bond acceptors (Lipinski definition) is 3. The van der Waals surface area contributed by atoms with Crippen molar-refractivity contribution in [2.24, 2.45) is 5.92 Å². The van der Waals surface area contributed by atoms with Crippen LogP contribution in [0, 0.1) is 19.8 Å². The van der Waals surface area contributed by atoms with Gasteiger partial charge in [0.25, 0.3) is 0 Å². The van der Waals surface area contributed by atoms with E-state index in [2.05, 4.69) is 6.07 Å². The van der Waals surface area contributed by atoms with Crippen LogP contribution in [-0.4, -0.2) is 31.0 Å². The molecule has 1 atom stereocenters. The number of amides is 1. The molecule has 4 heteroatoms. The lowest BCUT2D eigenvalue weighted by Crippen LogP contribution is -2.44. The maximum atomic E-state index is 11.7. The third-order valence-electron chi connectivity index (χ3n) is 2.88. The Morgan fingerprint density at radius 2 is 2.00 bits per heavy atom. The van der Waals surface area contributed by atoms with Crippen molar-refractivity contribution in [3.63, 3.8) is 0 Å². The largest absolute Gasteiger partial charge is 0.449 e. The Kier molecular flexibility index (Phi) is 3.33. The molecule has 1 aliphatic rings. The summed E-state index contributed by atoms with van der Waals surface area (Å²) < 4.78 is 5.06. The summed E-state index contributed by atoms with van der Waals surface area (Å²) in [6.07, 6.45) is -0.334. The number of aliphatic hydroxyl groups excluding tert-OH is 1. The van der Waals surface area contributed by atoms with Crippen LogP contribution in [0.4, 0.5) is 10.5 Å². The number of cyclic esters (lactones) is 1. The van der Waals surface area contributed by atoms with Crippen molar-refractivity contribution in [2.75, 3.05) is 24.7 Å². The van der Waals surface area contributed by atoms with Gasteiger partial charge in [-0.2, -0.15) is 0 Å². The van der Waals surface area contributed by atoms with Crippen molar-refractivity contribution in [1.82, 2.24) is 0 Å². The van der Waals surface area contributed by atoms with Gasteiger partial charge in [-0.05, 0) is 37.1 Å². The average Bonchev–Trinajstić information content (AvgIpc) is 2.28. The number of hydrogen-bond donors (Lipinski definition) is 1. The summed E-state index contributed by atoms with van der Waals surface area (Å²) >= 11 is 0. The second kappa shape index (κ2) is 4.75. The molecule has 0 saturated carbocycles. The second-order valence-corrected chi connectivity index (χ2v) is 4.58. The fourth-order valence-corrected chi connectivity index (χ4v) is 2.08. The van der Waals surface area contributed by atoms with Gasteiger partial charge in [0.1, 0.15) is 0 Å². The van der Waals surface area contributed by atoms with Crippen LogP contribution in [-0.2, 0) is 4.74 Å². The smallest absolute Gasteiger partial charge is 0.414 e. The Morgan fingerprint density at radius 1 is 1.35 bits per heavy atom. The summed E-state index contributed by atoms with van der Waals surface area (Å²) in [6, 6.07) is 5.96. The minimum absolute atomic E-state index is 0.00600. The molecule has 0 bridgehead atoms. The molecular formula is C13H17NO3. The van der Waals surface area contributed by atoms with Crippen LogP contribution in [0.15, 0.2) is 18.2 Å². The molecule has 1 saturated heterocycles. The van der Waals surface area contributed by atoms with E-state index in [9.17, 15) is 4.79 Å². The lowest BCUT2D eigenvalue weighted by Gasteiger charge is -2.31. The lowest BCUT2D eigenvalue weighted by molar-refractivity contribution is 0.0900. The van der Waals surface area contributed by atoms with Crippen molar-refractivity contribution in [2.45, 2.75) is 13.8 Å². The monoisotopic (exact) mass is 235 g/mol. The summed E-state index contributed by atoms with van der Waals surface area (Å²) in [7, 11) is 0. The molecule has 0 aromatic heterocycles. The quantitative estimate of drug-likeness (QED) is 0.851. The molecule has 1 N–H and O–H groups in total. The van der Waals surface area contributed by atoms with Crippen LogP contribution in [0.1, 0.15) is 11.1 Å². The molecule has 1 unspecified atom stereocenters. The number of benzene rings is 1. The van der Waals surface area contributed by atoms with Crippen LogP contribution in [0.5, 0.6) is 0 Å². The average molecular weight is 235 g/mol. The zero-order chi connectivity index (χ0) is 12.4. The molecule has 0 aliphatic carbocycles. The van der Waals surface area contributed by atoms with Gasteiger partial charge in [0, 0.05) is 18.2 Å². The standard InChI is InChI=1S/C13H17NO3/c1-9-3-10(2)5-12(4-9)14-6-11(7-15)8-17-13(14)16/h3-5,11,15H,6-8H2,1-2H3.